The van der Waals surface area contributed by atoms with E-state index in [2.05, 4.69) is 227 Å². The average molecular weight is 1020 g/mol. The van der Waals surface area contributed by atoms with Crippen molar-refractivity contribution in [2.45, 2.75) is 119 Å². The number of pyridine rings is 1. The second-order valence-electron chi connectivity index (χ2n) is 21.7. The van der Waals surface area contributed by atoms with Crippen LogP contribution in [0.5, 0.6) is 11.5 Å². The molecule has 8 rings (SSSR count). The van der Waals surface area contributed by atoms with Gasteiger partial charge in [-0.2, -0.15) is 12.1 Å². The Hall–Kier alpha value is -5.12. The number of anilines is 2. The summed E-state index contributed by atoms with van der Waals surface area (Å²) in [6.45, 7) is 34.0. The first kappa shape index (κ1) is 45.9. The molecule has 0 N–H and O–H groups in total. The van der Waals surface area contributed by atoms with Gasteiger partial charge in [0.05, 0.1) is 0 Å². The van der Waals surface area contributed by atoms with Gasteiger partial charge in [-0.3, -0.25) is 0 Å². The van der Waals surface area contributed by atoms with Crippen LogP contribution < -0.4 is 14.5 Å². The Labute approximate surface area is 391 Å². The fourth-order valence-corrected chi connectivity index (χ4v) is 8.32. The van der Waals surface area contributed by atoms with Crippen LogP contribution in [-0.4, -0.2) is 9.55 Å². The van der Waals surface area contributed by atoms with Crippen molar-refractivity contribution in [2.24, 2.45) is 5.41 Å². The van der Waals surface area contributed by atoms with Crippen molar-refractivity contribution in [3.63, 3.8) is 0 Å². The van der Waals surface area contributed by atoms with E-state index >= 15 is 0 Å². The zero-order chi connectivity index (χ0) is 44.6. The minimum Gasteiger partial charge on any atom is -0.509 e. The molecule has 5 aromatic carbocycles. The Kier molecular flexibility index (Phi) is 12.0. The molecule has 0 aliphatic carbocycles. The number of rotatable bonds is 7. The summed E-state index contributed by atoms with van der Waals surface area (Å²) >= 11 is 0. The summed E-state index contributed by atoms with van der Waals surface area (Å²) < 4.78 is 8.94. The van der Waals surface area contributed by atoms with E-state index < -0.39 is 0 Å². The van der Waals surface area contributed by atoms with Gasteiger partial charge >= 0.3 is 0 Å². The van der Waals surface area contributed by atoms with Crippen LogP contribution in [-0.2, 0) is 42.7 Å². The predicted octanol–water partition coefficient (Wildman–Crippen LogP) is 15.1. The summed E-state index contributed by atoms with van der Waals surface area (Å²) in [5.41, 5.74) is 11.2. The van der Waals surface area contributed by atoms with Gasteiger partial charge in [0.2, 0.25) is 0 Å². The third-order valence-electron chi connectivity index (χ3n) is 12.4. The molecule has 1 aliphatic heterocycles. The van der Waals surface area contributed by atoms with E-state index in [4.69, 9.17) is 9.72 Å². The van der Waals surface area contributed by atoms with Crippen molar-refractivity contribution in [2.75, 3.05) is 9.80 Å². The monoisotopic (exact) mass is 1010 g/mol. The van der Waals surface area contributed by atoms with Gasteiger partial charge in [0.15, 0.2) is 0 Å². The number of ether oxygens (including phenoxy) is 1. The third kappa shape index (κ3) is 9.14. The molecule has 0 fully saturated rings. The van der Waals surface area contributed by atoms with E-state index in [1.165, 1.54) is 33.5 Å². The molecule has 0 bridgehead atoms. The maximum absolute atomic E-state index is 6.71. The molecule has 0 spiro atoms. The summed E-state index contributed by atoms with van der Waals surface area (Å²) in [6, 6.07) is 46.6. The Morgan fingerprint density at radius 3 is 1.83 bits per heavy atom. The number of benzene rings is 5. The molecule has 0 unspecified atom stereocenters. The van der Waals surface area contributed by atoms with Gasteiger partial charge in [-0.05, 0) is 86.0 Å². The largest absolute Gasteiger partial charge is 0.509 e. The van der Waals surface area contributed by atoms with Crippen molar-refractivity contribution < 1.29 is 25.8 Å². The molecule has 6 heteroatoms. The van der Waals surface area contributed by atoms with E-state index in [0.29, 0.717) is 11.5 Å². The smallest absolute Gasteiger partial charge is 0.135 e. The topological polar surface area (TPSA) is 33.5 Å². The number of hydrogen-bond donors (Lipinski definition) is 0. The summed E-state index contributed by atoms with van der Waals surface area (Å²) in [6.07, 6.45) is 4.19. The summed E-state index contributed by atoms with van der Waals surface area (Å²) in [4.78, 5) is 9.47. The van der Waals surface area contributed by atoms with Gasteiger partial charge in [-0.15, -0.1) is 48.1 Å². The third-order valence-corrected chi connectivity index (χ3v) is 12.4. The second kappa shape index (κ2) is 16.5. The first-order chi connectivity index (χ1) is 29.0. The standard InChI is InChI=1S/C57H63N4O.Pt/c1-53(2,3)39-27-28-58-52(33-39)61-49-26-23-40(57(13,14)38-19-16-15-17-20-38)32-48(49)47-25-24-46(35-50(47)61)62-45-22-18-21-43(34-45)60-37-59(36-51(60)56(10,11)12)44-30-41(54(4,5)6)29-42(31-44)55(7,8)9;/h15-33,36-37H,1-14H3;/q-3;. The molecule has 1 aliphatic rings. The van der Waals surface area contributed by atoms with Crippen molar-refractivity contribution in [3.05, 3.63) is 174 Å². The number of fused-ring (bicyclic) bond motifs is 3. The quantitative estimate of drug-likeness (QED) is 0.149. The van der Waals surface area contributed by atoms with Crippen LogP contribution in [0.4, 0.5) is 11.4 Å². The normalized spacial score (nSPS) is 14.0. The first-order valence-corrected chi connectivity index (χ1v) is 22.0. The van der Waals surface area contributed by atoms with Gasteiger partial charge in [0.1, 0.15) is 5.82 Å². The Morgan fingerprint density at radius 2 is 1.19 bits per heavy atom. The molecule has 0 saturated carbocycles. The zero-order valence-electron chi connectivity index (χ0n) is 39.6. The Bertz CT molecular complexity index is 2790. The molecule has 7 aromatic rings. The average Bonchev–Trinajstić information content (AvgIpc) is 3.81. The van der Waals surface area contributed by atoms with E-state index in [9.17, 15) is 0 Å². The molecule has 0 atom stereocenters. The van der Waals surface area contributed by atoms with Crippen LogP contribution in [0.2, 0.25) is 0 Å². The van der Waals surface area contributed by atoms with Crippen LogP contribution in [0.25, 0.3) is 27.6 Å². The van der Waals surface area contributed by atoms with E-state index in [1.54, 1.807) is 0 Å². The van der Waals surface area contributed by atoms with Gasteiger partial charge in [-0.1, -0.05) is 151 Å². The zero-order valence-corrected chi connectivity index (χ0v) is 41.9. The minimum atomic E-state index is -0.195. The van der Waals surface area contributed by atoms with Crippen LogP contribution in [0.15, 0.2) is 127 Å². The second-order valence-corrected chi connectivity index (χ2v) is 21.7. The van der Waals surface area contributed by atoms with E-state index in [0.717, 1.165) is 39.0 Å². The maximum atomic E-state index is 6.71. The molecule has 0 amide bonds. The number of hydrogen-bond acceptors (Lipinski definition) is 4. The fraction of sp³-hybridized carbons (Fsp3) is 0.333. The molecule has 330 valence electrons. The van der Waals surface area contributed by atoms with Gasteiger partial charge in [0.25, 0.3) is 0 Å². The van der Waals surface area contributed by atoms with Crippen molar-refractivity contribution in [3.8, 4) is 17.3 Å². The Morgan fingerprint density at radius 1 is 0.540 bits per heavy atom. The molecule has 3 heterocycles. The van der Waals surface area contributed by atoms with Gasteiger partial charge < -0.3 is 19.1 Å². The van der Waals surface area contributed by atoms with Crippen molar-refractivity contribution >= 4 is 33.2 Å². The summed E-state index contributed by atoms with van der Waals surface area (Å²) in [5, 5.41) is 2.25. The van der Waals surface area contributed by atoms with Gasteiger partial charge in [-0.25, -0.2) is 4.98 Å². The first-order valence-electron chi connectivity index (χ1n) is 22.0. The van der Waals surface area contributed by atoms with Crippen molar-refractivity contribution in [1.29, 1.82) is 0 Å². The fourth-order valence-electron chi connectivity index (χ4n) is 8.32. The number of nitrogens with zero attached hydrogens (tertiary/aromatic N) is 4. The SMILES string of the molecule is CC(C)(C)C1=CN(c2cc(C(C)(C)C)cc(C(C)(C)C)c2)[CH-]N1c1[c-]c(Oc2[c-]c3c(cc2)c2cc(C(C)(C)c4ccccc4)ccc2n3-c2cc(C(C)(C)C)ccn2)ccc1.[Pt]. The van der Waals surface area contributed by atoms with Crippen molar-refractivity contribution in [1.82, 2.24) is 9.55 Å². The predicted molar refractivity (Wildman–Crippen MR) is 261 cm³/mol. The maximum Gasteiger partial charge on any atom is 0.135 e. The minimum absolute atomic E-state index is 0. The Balaban J connectivity index is 0.00000595. The van der Waals surface area contributed by atoms with Crippen LogP contribution in [0.1, 0.15) is 125 Å². The van der Waals surface area contributed by atoms with E-state index in [-0.39, 0.29) is 48.1 Å². The van der Waals surface area contributed by atoms with Crippen LogP contribution >= 0.6 is 0 Å². The molecule has 5 nitrogen and oxygen atoms in total. The van der Waals surface area contributed by atoms with E-state index in [1.807, 2.05) is 24.4 Å². The molecule has 0 saturated heterocycles. The van der Waals surface area contributed by atoms with Gasteiger partial charge in [0, 0.05) is 66.5 Å². The summed E-state index contributed by atoms with van der Waals surface area (Å²) in [7, 11) is 0. The molecule has 63 heavy (non-hydrogen) atoms. The summed E-state index contributed by atoms with van der Waals surface area (Å²) in [5.74, 6) is 2.08. The molecular weight excluding hydrogens is 952 g/mol. The number of allylic oxidation sites excluding steroid dienone is 1. The number of aromatic nitrogens is 2. The molecular formula is C57H63N4OPt-3. The van der Waals surface area contributed by atoms with Crippen LogP contribution in [0, 0.1) is 24.2 Å². The molecule has 0 radical (unpaired) electrons. The molecule has 2 aromatic heterocycles. The van der Waals surface area contributed by atoms with Crippen LogP contribution in [0.3, 0.4) is 0 Å².